The highest BCUT2D eigenvalue weighted by Gasteiger charge is 2.18. The molecule has 2 aromatic rings. The molecule has 0 fully saturated rings. The molecule has 0 aliphatic rings. The Morgan fingerprint density at radius 3 is 2.89 bits per heavy atom. The number of carboxylic acid groups (broad SMARTS) is 1. The van der Waals surface area contributed by atoms with Crippen molar-refractivity contribution in [1.29, 1.82) is 0 Å². The molecule has 0 unspecified atom stereocenters. The Morgan fingerprint density at radius 1 is 1.53 bits per heavy atom. The first kappa shape index (κ1) is 13.4. The zero-order valence-electron chi connectivity index (χ0n) is 10.5. The first-order chi connectivity index (χ1) is 9.11. The van der Waals surface area contributed by atoms with Crippen LogP contribution in [0.4, 0.5) is 0 Å². The molecule has 0 saturated carbocycles. The van der Waals surface area contributed by atoms with E-state index < -0.39 is 5.97 Å². The lowest BCUT2D eigenvalue weighted by Crippen LogP contribution is -2.03. The Kier molecular flexibility index (Phi) is 4.06. The van der Waals surface area contributed by atoms with Gasteiger partial charge >= 0.3 is 12.0 Å². The van der Waals surface area contributed by atoms with Gasteiger partial charge in [-0.2, -0.15) is 4.98 Å². The number of benzene rings is 1. The van der Waals surface area contributed by atoms with Gasteiger partial charge in [0, 0.05) is 11.9 Å². The fourth-order valence-corrected chi connectivity index (χ4v) is 2.37. The summed E-state index contributed by atoms with van der Waals surface area (Å²) in [5.74, 6) is 0.00518. The van der Waals surface area contributed by atoms with Crippen LogP contribution in [0.15, 0.2) is 29.4 Å². The summed E-state index contributed by atoms with van der Waals surface area (Å²) >= 11 is 1.45. The first-order valence-corrected chi connectivity index (χ1v) is 6.63. The summed E-state index contributed by atoms with van der Waals surface area (Å²) in [7, 11) is 1.71. The summed E-state index contributed by atoms with van der Waals surface area (Å²) in [6.07, 6.45) is 1.49. The van der Waals surface area contributed by atoms with E-state index in [0.717, 1.165) is 5.75 Å². The summed E-state index contributed by atoms with van der Waals surface area (Å²) in [5.41, 5.74) is 0.141. The highest BCUT2D eigenvalue weighted by Crippen LogP contribution is 2.31. The van der Waals surface area contributed by atoms with Crippen molar-refractivity contribution in [3.8, 4) is 11.8 Å². The Labute approximate surface area is 114 Å². The molecule has 1 heterocycles. The number of nitrogens with zero attached hydrogens (tertiary/aromatic N) is 3. The summed E-state index contributed by atoms with van der Waals surface area (Å²) < 4.78 is 6.93. The van der Waals surface area contributed by atoms with Gasteiger partial charge in [-0.05, 0) is 17.9 Å². The number of ether oxygens (including phenoxy) is 1. The zero-order valence-corrected chi connectivity index (χ0v) is 11.3. The quantitative estimate of drug-likeness (QED) is 0.847. The third-order valence-electron chi connectivity index (χ3n) is 2.28. The van der Waals surface area contributed by atoms with Gasteiger partial charge in [-0.25, -0.2) is 4.79 Å². The predicted octanol–water partition coefficient (Wildman–Crippen LogP) is 2.42. The molecule has 2 rings (SSSR count). The lowest BCUT2D eigenvalue weighted by atomic mass is 10.2. The van der Waals surface area contributed by atoms with Crippen molar-refractivity contribution in [2.24, 2.45) is 7.05 Å². The Morgan fingerprint density at radius 2 is 2.32 bits per heavy atom. The topological polar surface area (TPSA) is 77.2 Å². The molecular formula is C12H13N3O3S. The minimum absolute atomic E-state index is 0.128. The molecule has 1 N–H and O–H groups in total. The van der Waals surface area contributed by atoms with Crippen LogP contribution < -0.4 is 4.74 Å². The van der Waals surface area contributed by atoms with Gasteiger partial charge in [-0.1, -0.05) is 13.0 Å². The standard InChI is InChI=1S/C12H13N3O3S/c1-3-19-9-6-4-5-8(10(9)11(16)17)18-12-13-7-15(2)14-12/h4-7H,3H2,1-2H3,(H,16,17). The Balaban J connectivity index is 2.38. The molecule has 0 atom stereocenters. The Bertz CT molecular complexity index is 598. The van der Waals surface area contributed by atoms with Crippen molar-refractivity contribution in [2.75, 3.05) is 5.75 Å². The average molecular weight is 279 g/mol. The molecule has 0 aliphatic heterocycles. The van der Waals surface area contributed by atoms with Crippen LogP contribution in [0.1, 0.15) is 17.3 Å². The fourth-order valence-electron chi connectivity index (χ4n) is 1.55. The van der Waals surface area contributed by atoms with Gasteiger partial charge in [-0.15, -0.1) is 16.9 Å². The minimum Gasteiger partial charge on any atom is -0.478 e. The van der Waals surface area contributed by atoms with Gasteiger partial charge in [0.15, 0.2) is 0 Å². The van der Waals surface area contributed by atoms with E-state index in [1.54, 1.807) is 25.2 Å². The molecular weight excluding hydrogens is 266 g/mol. The molecule has 0 radical (unpaired) electrons. The van der Waals surface area contributed by atoms with Gasteiger partial charge in [0.05, 0.1) is 0 Å². The average Bonchev–Trinajstić information content (AvgIpc) is 2.75. The highest BCUT2D eigenvalue weighted by molar-refractivity contribution is 7.99. The van der Waals surface area contributed by atoms with Crippen molar-refractivity contribution in [3.63, 3.8) is 0 Å². The number of hydrogen-bond acceptors (Lipinski definition) is 5. The van der Waals surface area contributed by atoms with E-state index in [-0.39, 0.29) is 17.3 Å². The number of aryl methyl sites for hydroxylation is 1. The zero-order chi connectivity index (χ0) is 13.8. The first-order valence-electron chi connectivity index (χ1n) is 5.64. The molecule has 1 aromatic heterocycles. The smallest absolute Gasteiger partial charge is 0.341 e. The van der Waals surface area contributed by atoms with Crippen LogP contribution in [-0.4, -0.2) is 31.6 Å². The molecule has 0 saturated heterocycles. The predicted molar refractivity (Wildman–Crippen MR) is 70.9 cm³/mol. The van der Waals surface area contributed by atoms with E-state index in [4.69, 9.17) is 4.74 Å². The van der Waals surface area contributed by atoms with E-state index in [0.29, 0.717) is 4.90 Å². The largest absolute Gasteiger partial charge is 0.478 e. The molecule has 0 amide bonds. The van der Waals surface area contributed by atoms with Gasteiger partial charge < -0.3 is 9.84 Å². The summed E-state index contributed by atoms with van der Waals surface area (Å²) in [5, 5.41) is 13.3. The lowest BCUT2D eigenvalue weighted by molar-refractivity contribution is 0.0690. The monoisotopic (exact) mass is 279 g/mol. The number of aromatic nitrogens is 3. The molecule has 6 nitrogen and oxygen atoms in total. The SMILES string of the molecule is CCSc1cccc(Oc2ncn(C)n2)c1C(=O)O. The number of rotatable bonds is 5. The van der Waals surface area contributed by atoms with Gasteiger partial charge in [-0.3, -0.25) is 4.68 Å². The van der Waals surface area contributed by atoms with Crippen LogP contribution in [0.3, 0.4) is 0 Å². The van der Waals surface area contributed by atoms with E-state index in [1.165, 1.54) is 22.8 Å². The summed E-state index contributed by atoms with van der Waals surface area (Å²) in [6, 6.07) is 5.24. The molecule has 7 heteroatoms. The molecule has 19 heavy (non-hydrogen) atoms. The van der Waals surface area contributed by atoms with Crippen molar-refractivity contribution in [2.45, 2.75) is 11.8 Å². The maximum Gasteiger partial charge on any atom is 0.341 e. The number of hydrogen-bond donors (Lipinski definition) is 1. The van der Waals surface area contributed by atoms with Crippen molar-refractivity contribution in [3.05, 3.63) is 30.1 Å². The number of thioether (sulfide) groups is 1. The molecule has 0 spiro atoms. The number of carbonyl (C=O) groups is 1. The fraction of sp³-hybridized carbons (Fsp3) is 0.250. The molecule has 1 aromatic carbocycles. The van der Waals surface area contributed by atoms with E-state index >= 15 is 0 Å². The van der Waals surface area contributed by atoms with Gasteiger partial charge in [0.1, 0.15) is 17.6 Å². The van der Waals surface area contributed by atoms with Crippen molar-refractivity contribution in [1.82, 2.24) is 14.8 Å². The number of aromatic carboxylic acids is 1. The normalized spacial score (nSPS) is 10.4. The van der Waals surface area contributed by atoms with Crippen LogP contribution in [0.25, 0.3) is 0 Å². The van der Waals surface area contributed by atoms with Crippen LogP contribution in [0, 0.1) is 0 Å². The molecule has 0 aliphatic carbocycles. The maximum absolute atomic E-state index is 11.4. The number of carboxylic acids is 1. The van der Waals surface area contributed by atoms with Crippen LogP contribution in [0.5, 0.6) is 11.8 Å². The van der Waals surface area contributed by atoms with Crippen molar-refractivity contribution >= 4 is 17.7 Å². The van der Waals surface area contributed by atoms with Gasteiger partial charge in [0.2, 0.25) is 0 Å². The van der Waals surface area contributed by atoms with Crippen LogP contribution >= 0.6 is 11.8 Å². The third kappa shape index (κ3) is 3.05. The minimum atomic E-state index is -1.03. The van der Waals surface area contributed by atoms with E-state index in [2.05, 4.69) is 10.1 Å². The second-order valence-electron chi connectivity index (χ2n) is 3.67. The third-order valence-corrected chi connectivity index (χ3v) is 3.22. The lowest BCUT2D eigenvalue weighted by Gasteiger charge is -2.09. The van der Waals surface area contributed by atoms with Crippen LogP contribution in [0.2, 0.25) is 0 Å². The second-order valence-corrected chi connectivity index (χ2v) is 4.98. The summed E-state index contributed by atoms with van der Waals surface area (Å²) in [6.45, 7) is 1.96. The molecule has 100 valence electrons. The Hall–Kier alpha value is -2.02. The maximum atomic E-state index is 11.4. The highest BCUT2D eigenvalue weighted by atomic mass is 32.2. The van der Waals surface area contributed by atoms with Crippen molar-refractivity contribution < 1.29 is 14.6 Å². The van der Waals surface area contributed by atoms with Gasteiger partial charge in [0.25, 0.3) is 0 Å². The summed E-state index contributed by atoms with van der Waals surface area (Å²) in [4.78, 5) is 16.0. The van der Waals surface area contributed by atoms with E-state index in [1.807, 2.05) is 6.92 Å². The molecule has 0 bridgehead atoms. The second kappa shape index (κ2) is 5.75. The van der Waals surface area contributed by atoms with Crippen LogP contribution in [-0.2, 0) is 7.05 Å². The van der Waals surface area contributed by atoms with E-state index in [9.17, 15) is 9.90 Å².